The molecule has 128 valence electrons. The average molecular weight is 320 g/mol. The molecule has 1 aliphatic heterocycles. The van der Waals surface area contributed by atoms with E-state index in [1.807, 2.05) is 0 Å². The molecule has 0 spiro atoms. The van der Waals surface area contributed by atoms with Gasteiger partial charge in [0.1, 0.15) is 0 Å². The summed E-state index contributed by atoms with van der Waals surface area (Å²) in [5.41, 5.74) is 5.45. The molecule has 0 aromatic carbocycles. The van der Waals surface area contributed by atoms with Crippen LogP contribution in [0.25, 0.3) is 0 Å². The monoisotopic (exact) mass is 320 g/mol. The Balaban J connectivity index is 1.74. The van der Waals surface area contributed by atoms with Crippen molar-refractivity contribution in [3.8, 4) is 0 Å². The predicted octanol–water partition coefficient (Wildman–Crippen LogP) is 1.83. The number of piperidine rings is 1. The van der Waals surface area contributed by atoms with E-state index in [0.29, 0.717) is 6.04 Å². The predicted molar refractivity (Wildman–Crippen MR) is 86.5 cm³/mol. The molecule has 1 atom stereocenters. The summed E-state index contributed by atoms with van der Waals surface area (Å²) in [6.07, 6.45) is 8.74. The van der Waals surface area contributed by atoms with Crippen molar-refractivity contribution in [2.24, 2.45) is 11.7 Å². The second kappa shape index (κ2) is 7.38. The molecule has 23 heavy (non-hydrogen) atoms. The van der Waals surface area contributed by atoms with Crippen molar-refractivity contribution in [2.45, 2.75) is 70.4 Å². The van der Waals surface area contributed by atoms with Gasteiger partial charge in [-0.15, -0.1) is 5.10 Å². The van der Waals surface area contributed by atoms with Crippen LogP contribution in [0.2, 0.25) is 0 Å². The van der Waals surface area contributed by atoms with Crippen molar-refractivity contribution in [3.63, 3.8) is 0 Å². The van der Waals surface area contributed by atoms with Crippen LogP contribution in [0.1, 0.15) is 76.2 Å². The summed E-state index contributed by atoms with van der Waals surface area (Å²) >= 11 is 0. The maximum atomic E-state index is 11.4. The fourth-order valence-corrected chi connectivity index (χ4v) is 4.07. The van der Waals surface area contributed by atoms with E-state index < -0.39 is 0 Å². The molecule has 0 unspecified atom stereocenters. The second-order valence-electron chi connectivity index (χ2n) is 6.94. The molecule has 2 aliphatic rings. The number of primary amides is 1. The SMILES string of the molecule is CCC[C@@H](c1nnnn1C1CCCC1)N1CCC(C(N)=O)CC1. The number of hydrogen-bond donors (Lipinski definition) is 1. The number of rotatable bonds is 6. The summed E-state index contributed by atoms with van der Waals surface area (Å²) in [7, 11) is 0. The largest absolute Gasteiger partial charge is 0.369 e. The van der Waals surface area contributed by atoms with Crippen LogP contribution in [-0.4, -0.2) is 44.1 Å². The molecule has 0 radical (unpaired) electrons. The van der Waals surface area contributed by atoms with Crippen LogP contribution in [0.3, 0.4) is 0 Å². The highest BCUT2D eigenvalue weighted by Gasteiger charge is 2.32. The molecule has 2 fully saturated rings. The van der Waals surface area contributed by atoms with Crippen molar-refractivity contribution < 1.29 is 4.79 Å². The summed E-state index contributed by atoms with van der Waals surface area (Å²) in [5, 5.41) is 12.6. The van der Waals surface area contributed by atoms with Gasteiger partial charge in [-0.25, -0.2) is 4.68 Å². The number of carbonyl (C=O) groups is 1. The molecule has 7 nitrogen and oxygen atoms in total. The van der Waals surface area contributed by atoms with E-state index in [4.69, 9.17) is 5.73 Å². The Morgan fingerprint density at radius 2 is 1.96 bits per heavy atom. The summed E-state index contributed by atoms with van der Waals surface area (Å²) < 4.78 is 2.08. The third-order valence-electron chi connectivity index (χ3n) is 5.42. The molecule has 1 aromatic heterocycles. The fraction of sp³-hybridized carbons (Fsp3) is 0.875. The summed E-state index contributed by atoms with van der Waals surface area (Å²) in [6.45, 7) is 4.00. The average Bonchev–Trinajstić information content (AvgIpc) is 3.23. The van der Waals surface area contributed by atoms with Crippen LogP contribution >= 0.6 is 0 Å². The lowest BCUT2D eigenvalue weighted by atomic mass is 9.94. The van der Waals surface area contributed by atoms with Gasteiger partial charge >= 0.3 is 0 Å². The standard InChI is InChI=1S/C16H28N6O/c1-2-5-14(21-10-8-12(9-11-21)15(17)23)16-18-19-20-22(16)13-6-3-4-7-13/h12-14H,2-11H2,1H3,(H2,17,23)/t14-/m0/s1. The Morgan fingerprint density at radius 1 is 1.26 bits per heavy atom. The van der Waals surface area contributed by atoms with Gasteiger partial charge in [0.05, 0.1) is 12.1 Å². The zero-order valence-electron chi connectivity index (χ0n) is 14.0. The quantitative estimate of drug-likeness (QED) is 0.863. The lowest BCUT2D eigenvalue weighted by molar-refractivity contribution is -0.123. The fourth-order valence-electron chi connectivity index (χ4n) is 4.07. The van der Waals surface area contributed by atoms with E-state index >= 15 is 0 Å². The number of amides is 1. The van der Waals surface area contributed by atoms with Gasteiger partial charge in [-0.2, -0.15) is 0 Å². The Kier molecular flexibility index (Phi) is 5.25. The van der Waals surface area contributed by atoms with Gasteiger partial charge in [-0.3, -0.25) is 9.69 Å². The minimum absolute atomic E-state index is 0.0272. The number of aromatic nitrogens is 4. The zero-order chi connectivity index (χ0) is 16.2. The van der Waals surface area contributed by atoms with E-state index in [1.54, 1.807) is 0 Å². The van der Waals surface area contributed by atoms with Gasteiger partial charge in [0.2, 0.25) is 5.91 Å². The summed E-state index contributed by atoms with van der Waals surface area (Å²) in [5.74, 6) is 0.878. The Hall–Kier alpha value is -1.50. The van der Waals surface area contributed by atoms with E-state index in [-0.39, 0.29) is 17.9 Å². The first-order valence-electron chi connectivity index (χ1n) is 9.01. The highest BCUT2D eigenvalue weighted by Crippen LogP contribution is 2.34. The van der Waals surface area contributed by atoms with E-state index in [0.717, 1.165) is 44.6 Å². The van der Waals surface area contributed by atoms with Gasteiger partial charge < -0.3 is 5.73 Å². The van der Waals surface area contributed by atoms with Crippen LogP contribution in [0.15, 0.2) is 0 Å². The molecular formula is C16H28N6O. The third-order valence-corrected chi connectivity index (χ3v) is 5.42. The van der Waals surface area contributed by atoms with Crippen molar-refractivity contribution >= 4 is 5.91 Å². The third kappa shape index (κ3) is 3.54. The zero-order valence-corrected chi connectivity index (χ0v) is 14.0. The van der Waals surface area contributed by atoms with Gasteiger partial charge in [0, 0.05) is 5.92 Å². The first kappa shape index (κ1) is 16.4. The molecule has 0 bridgehead atoms. The summed E-state index contributed by atoms with van der Waals surface area (Å²) in [4.78, 5) is 13.8. The van der Waals surface area contributed by atoms with Crippen molar-refractivity contribution in [3.05, 3.63) is 5.82 Å². The van der Waals surface area contributed by atoms with Crippen LogP contribution in [0, 0.1) is 5.92 Å². The minimum atomic E-state index is -0.160. The minimum Gasteiger partial charge on any atom is -0.369 e. The molecule has 1 amide bonds. The number of likely N-dealkylation sites (tertiary alicyclic amines) is 1. The van der Waals surface area contributed by atoms with E-state index in [1.165, 1.54) is 25.7 Å². The molecule has 1 saturated carbocycles. The van der Waals surface area contributed by atoms with Gasteiger partial charge in [0.25, 0.3) is 0 Å². The topological polar surface area (TPSA) is 89.9 Å². The maximum absolute atomic E-state index is 11.4. The van der Waals surface area contributed by atoms with E-state index in [2.05, 4.69) is 32.0 Å². The Labute approximate surface area is 137 Å². The molecule has 1 saturated heterocycles. The van der Waals surface area contributed by atoms with Gasteiger partial charge in [-0.05, 0) is 55.6 Å². The number of tetrazole rings is 1. The summed E-state index contributed by atoms with van der Waals surface area (Å²) in [6, 6.07) is 0.715. The number of carbonyl (C=O) groups excluding carboxylic acids is 1. The van der Waals surface area contributed by atoms with Crippen molar-refractivity contribution in [2.75, 3.05) is 13.1 Å². The Bertz CT molecular complexity index is 516. The smallest absolute Gasteiger partial charge is 0.220 e. The molecule has 1 aliphatic carbocycles. The molecule has 2 N–H and O–H groups in total. The molecule has 3 rings (SSSR count). The van der Waals surface area contributed by atoms with Crippen LogP contribution in [-0.2, 0) is 4.79 Å². The van der Waals surface area contributed by atoms with Crippen molar-refractivity contribution in [1.29, 1.82) is 0 Å². The second-order valence-corrected chi connectivity index (χ2v) is 6.94. The lowest BCUT2D eigenvalue weighted by Crippen LogP contribution is -2.41. The molecule has 1 aromatic rings. The highest BCUT2D eigenvalue weighted by molar-refractivity contribution is 5.76. The number of nitrogens with two attached hydrogens (primary N) is 1. The van der Waals surface area contributed by atoms with E-state index in [9.17, 15) is 4.79 Å². The van der Waals surface area contributed by atoms with Crippen LogP contribution in [0.4, 0.5) is 0 Å². The molecule has 2 heterocycles. The lowest BCUT2D eigenvalue weighted by Gasteiger charge is -2.36. The number of hydrogen-bond acceptors (Lipinski definition) is 5. The van der Waals surface area contributed by atoms with Gasteiger partial charge in [-0.1, -0.05) is 26.2 Å². The van der Waals surface area contributed by atoms with Gasteiger partial charge in [0.15, 0.2) is 5.82 Å². The Morgan fingerprint density at radius 3 is 2.57 bits per heavy atom. The highest BCUT2D eigenvalue weighted by atomic mass is 16.1. The van der Waals surface area contributed by atoms with Crippen molar-refractivity contribution in [1.82, 2.24) is 25.1 Å². The maximum Gasteiger partial charge on any atom is 0.220 e. The molecule has 7 heteroatoms. The van der Waals surface area contributed by atoms with Crippen LogP contribution < -0.4 is 5.73 Å². The normalized spacial score (nSPS) is 22.5. The first-order valence-corrected chi connectivity index (χ1v) is 9.01. The molecular weight excluding hydrogens is 292 g/mol. The van der Waals surface area contributed by atoms with Crippen LogP contribution in [0.5, 0.6) is 0 Å². The first-order chi connectivity index (χ1) is 11.2. The number of nitrogens with zero attached hydrogens (tertiary/aromatic N) is 5.